The summed E-state index contributed by atoms with van der Waals surface area (Å²) in [5.41, 5.74) is 2.63. The van der Waals surface area contributed by atoms with Crippen molar-refractivity contribution in [1.29, 1.82) is 0 Å². The van der Waals surface area contributed by atoms with Crippen LogP contribution in [-0.4, -0.2) is 47.2 Å². The molecule has 1 aromatic heterocycles. The van der Waals surface area contributed by atoms with Crippen molar-refractivity contribution in [3.05, 3.63) is 60.2 Å². The summed E-state index contributed by atoms with van der Waals surface area (Å²) < 4.78 is 37.8. The van der Waals surface area contributed by atoms with Crippen LogP contribution in [0, 0.1) is 11.7 Å². The van der Waals surface area contributed by atoms with Gasteiger partial charge in [0.25, 0.3) is 0 Å². The van der Waals surface area contributed by atoms with Crippen molar-refractivity contribution in [2.45, 2.75) is 31.1 Å². The van der Waals surface area contributed by atoms with Gasteiger partial charge in [0.15, 0.2) is 11.6 Å². The number of ether oxygens (including phenoxy) is 2. The van der Waals surface area contributed by atoms with Crippen LogP contribution in [0.5, 0.6) is 11.5 Å². The summed E-state index contributed by atoms with van der Waals surface area (Å²) in [5.74, 6) is 1.51. The average Bonchev–Trinajstić information content (AvgIpc) is 2.88. The summed E-state index contributed by atoms with van der Waals surface area (Å²) in [7, 11) is 0.372. The molecule has 2 heterocycles. The van der Waals surface area contributed by atoms with Gasteiger partial charge in [-0.25, -0.2) is 14.4 Å². The summed E-state index contributed by atoms with van der Waals surface area (Å²) in [5, 5.41) is 0. The van der Waals surface area contributed by atoms with Crippen LogP contribution in [0.2, 0.25) is 0 Å². The third-order valence-corrected chi connectivity index (χ3v) is 7.17. The lowest BCUT2D eigenvalue weighted by Gasteiger charge is -2.31. The van der Waals surface area contributed by atoms with E-state index in [0.29, 0.717) is 28.7 Å². The third-order valence-electron chi connectivity index (χ3n) is 6.21. The highest BCUT2D eigenvalue weighted by Gasteiger charge is 2.22. The molecule has 1 saturated heterocycles. The topological polar surface area (TPSA) is 64.6 Å². The smallest absolute Gasteiger partial charge is 0.225 e. The van der Waals surface area contributed by atoms with Gasteiger partial charge in [-0.15, -0.1) is 0 Å². The van der Waals surface area contributed by atoms with Crippen LogP contribution in [0.4, 0.5) is 10.3 Å². The van der Waals surface area contributed by atoms with E-state index < -0.39 is 16.6 Å². The first kappa shape index (κ1) is 24.1. The Bertz CT molecular complexity index is 1150. The molecule has 0 radical (unpaired) electrons. The number of methoxy groups -OCH3 is 1. The van der Waals surface area contributed by atoms with Gasteiger partial charge in [-0.05, 0) is 66.1 Å². The maximum Gasteiger partial charge on any atom is 0.225 e. The molecular formula is C26H30FN3O3S. The number of nitrogens with zero attached hydrogens (tertiary/aromatic N) is 3. The molecule has 0 spiro atoms. The van der Waals surface area contributed by atoms with E-state index in [4.69, 9.17) is 9.47 Å². The highest BCUT2D eigenvalue weighted by Crippen LogP contribution is 2.32. The Kier molecular flexibility index (Phi) is 7.77. The van der Waals surface area contributed by atoms with E-state index in [0.717, 1.165) is 49.4 Å². The Morgan fingerprint density at radius 3 is 2.35 bits per heavy atom. The molecule has 1 fully saturated rings. The highest BCUT2D eigenvalue weighted by atomic mass is 32.2. The van der Waals surface area contributed by atoms with Gasteiger partial charge >= 0.3 is 0 Å². The summed E-state index contributed by atoms with van der Waals surface area (Å²) in [6.45, 7) is 4.29. The van der Waals surface area contributed by atoms with Gasteiger partial charge in [-0.3, -0.25) is 4.21 Å². The minimum atomic E-state index is -1.16. The second kappa shape index (κ2) is 11.0. The van der Waals surface area contributed by atoms with E-state index >= 15 is 0 Å². The van der Waals surface area contributed by atoms with E-state index in [1.54, 1.807) is 24.5 Å². The lowest BCUT2D eigenvalue weighted by molar-refractivity contribution is 0.215. The van der Waals surface area contributed by atoms with Crippen LogP contribution in [0.15, 0.2) is 53.7 Å². The van der Waals surface area contributed by atoms with Crippen LogP contribution >= 0.6 is 0 Å². The fourth-order valence-electron chi connectivity index (χ4n) is 4.08. The molecule has 6 nitrogen and oxygen atoms in total. The molecule has 1 aliphatic rings. The largest absolute Gasteiger partial charge is 0.495 e. The molecule has 1 atom stereocenters. The molecule has 0 N–H and O–H groups in total. The summed E-state index contributed by atoms with van der Waals surface area (Å²) in [6, 6.07) is 10.3. The Labute approximate surface area is 202 Å². The molecule has 0 amide bonds. The van der Waals surface area contributed by atoms with Crippen molar-refractivity contribution in [1.82, 2.24) is 9.97 Å². The standard InChI is InChI=1S/C26H30FN3O3S/c1-4-18-15-28-26(29-16-18)30-11-9-19(10-12-30)17-33-23-7-5-20(13-22(23)27)21-6-8-25(34(3)31)24(14-21)32-2/h5-8,13-16,19H,4,9-12,17H2,1-3H3/t34-/m0/s1. The van der Waals surface area contributed by atoms with Crippen molar-refractivity contribution in [2.24, 2.45) is 5.92 Å². The Hall–Kier alpha value is -3.00. The van der Waals surface area contributed by atoms with E-state index in [2.05, 4.69) is 21.8 Å². The average molecular weight is 484 g/mol. The van der Waals surface area contributed by atoms with E-state index in [-0.39, 0.29) is 5.75 Å². The van der Waals surface area contributed by atoms with Gasteiger partial charge in [0.05, 0.1) is 29.4 Å². The molecule has 8 heteroatoms. The predicted molar refractivity (Wildman–Crippen MR) is 133 cm³/mol. The Balaban J connectivity index is 1.34. The number of halogens is 1. The zero-order valence-electron chi connectivity index (χ0n) is 19.8. The molecule has 0 saturated carbocycles. The van der Waals surface area contributed by atoms with Crippen LogP contribution in [0.3, 0.4) is 0 Å². The van der Waals surface area contributed by atoms with Crippen LogP contribution in [0.25, 0.3) is 11.1 Å². The lowest BCUT2D eigenvalue weighted by atomic mass is 9.98. The molecule has 2 aromatic carbocycles. The number of hydrogen-bond donors (Lipinski definition) is 0. The minimum Gasteiger partial charge on any atom is -0.495 e. The van der Waals surface area contributed by atoms with Crippen molar-refractivity contribution in [3.63, 3.8) is 0 Å². The number of rotatable bonds is 8. The number of aryl methyl sites for hydroxylation is 1. The van der Waals surface area contributed by atoms with Crippen LogP contribution < -0.4 is 14.4 Å². The van der Waals surface area contributed by atoms with Crippen molar-refractivity contribution >= 4 is 16.7 Å². The first-order valence-corrected chi connectivity index (χ1v) is 13.0. The number of piperidine rings is 1. The molecule has 4 rings (SSSR count). The molecular weight excluding hydrogens is 453 g/mol. The zero-order chi connectivity index (χ0) is 24.1. The predicted octanol–water partition coefficient (Wildman–Crippen LogP) is 4.89. The summed E-state index contributed by atoms with van der Waals surface area (Å²) in [4.78, 5) is 11.8. The maximum absolute atomic E-state index is 14.8. The van der Waals surface area contributed by atoms with E-state index in [9.17, 15) is 8.60 Å². The first-order chi connectivity index (χ1) is 16.5. The Morgan fingerprint density at radius 2 is 1.74 bits per heavy atom. The maximum atomic E-state index is 14.8. The highest BCUT2D eigenvalue weighted by molar-refractivity contribution is 7.84. The van der Waals surface area contributed by atoms with Crippen LogP contribution in [0.1, 0.15) is 25.3 Å². The number of hydrogen-bond acceptors (Lipinski definition) is 6. The summed E-state index contributed by atoms with van der Waals surface area (Å²) >= 11 is 0. The number of aromatic nitrogens is 2. The van der Waals surface area contributed by atoms with Gasteiger partial charge in [-0.2, -0.15) is 0 Å². The number of anilines is 1. The van der Waals surface area contributed by atoms with Gasteiger partial charge in [0.1, 0.15) is 5.75 Å². The van der Waals surface area contributed by atoms with Crippen LogP contribution in [-0.2, 0) is 17.2 Å². The second-order valence-corrected chi connectivity index (χ2v) is 9.80. The fourth-order valence-corrected chi connectivity index (χ4v) is 4.77. The van der Waals surface area contributed by atoms with Gasteiger partial charge < -0.3 is 14.4 Å². The molecule has 1 aliphatic heterocycles. The molecule has 0 aliphatic carbocycles. The molecule has 180 valence electrons. The van der Waals surface area contributed by atoms with Crippen molar-refractivity contribution in [3.8, 4) is 22.6 Å². The monoisotopic (exact) mass is 483 g/mol. The Morgan fingerprint density at radius 1 is 1.06 bits per heavy atom. The van der Waals surface area contributed by atoms with Gasteiger partial charge in [-0.1, -0.05) is 19.1 Å². The number of benzene rings is 2. The van der Waals surface area contributed by atoms with Crippen molar-refractivity contribution < 1.29 is 18.1 Å². The third kappa shape index (κ3) is 5.55. The van der Waals surface area contributed by atoms with Crippen molar-refractivity contribution in [2.75, 3.05) is 38.0 Å². The second-order valence-electron chi connectivity index (χ2n) is 8.45. The molecule has 0 bridgehead atoms. The molecule has 3 aromatic rings. The normalized spacial score (nSPS) is 15.2. The fraction of sp³-hybridized carbons (Fsp3) is 0.385. The molecule has 0 unspecified atom stereocenters. The minimum absolute atomic E-state index is 0.253. The zero-order valence-corrected chi connectivity index (χ0v) is 20.6. The SMILES string of the molecule is CCc1cnc(N2CCC(COc3ccc(-c4ccc([S@](C)=O)c(OC)c4)cc3F)CC2)nc1. The quantitative estimate of drug-likeness (QED) is 0.455. The van der Waals surface area contributed by atoms with E-state index in [1.807, 2.05) is 24.5 Å². The van der Waals surface area contributed by atoms with Gasteiger partial charge in [0, 0.05) is 31.7 Å². The molecule has 34 heavy (non-hydrogen) atoms. The van der Waals surface area contributed by atoms with E-state index in [1.165, 1.54) is 13.2 Å². The summed E-state index contributed by atoms with van der Waals surface area (Å²) in [6.07, 6.45) is 8.20. The lowest BCUT2D eigenvalue weighted by Crippen LogP contribution is -2.36. The first-order valence-electron chi connectivity index (χ1n) is 11.5. The van der Waals surface area contributed by atoms with Gasteiger partial charge in [0.2, 0.25) is 5.95 Å².